The largest absolute Gasteiger partial charge is 0.456 e. The van der Waals surface area contributed by atoms with Gasteiger partial charge in [-0.1, -0.05) is 166 Å². The fraction of sp³-hybridized carbons (Fsp3) is 0.0545. The maximum Gasteiger partial charge on any atom is 0.143 e. The van der Waals surface area contributed by atoms with Crippen LogP contribution in [0.15, 0.2) is 203 Å². The van der Waals surface area contributed by atoms with Crippen molar-refractivity contribution in [3.63, 3.8) is 0 Å². The van der Waals surface area contributed by atoms with Gasteiger partial charge in [0.25, 0.3) is 0 Å². The van der Waals surface area contributed by atoms with E-state index in [1.165, 1.54) is 27.6 Å². The third-order valence-corrected chi connectivity index (χ3v) is 12.0. The van der Waals surface area contributed by atoms with Crippen molar-refractivity contribution in [1.82, 2.24) is 0 Å². The van der Waals surface area contributed by atoms with Gasteiger partial charge in [-0.3, -0.25) is 0 Å². The number of anilines is 3. The van der Waals surface area contributed by atoms with Crippen LogP contribution in [0.4, 0.5) is 17.1 Å². The van der Waals surface area contributed by atoms with Crippen molar-refractivity contribution in [2.24, 2.45) is 0 Å². The predicted molar refractivity (Wildman–Crippen MR) is 242 cm³/mol. The molecule has 0 saturated carbocycles. The Balaban J connectivity index is 1.13. The van der Waals surface area contributed by atoms with Gasteiger partial charge < -0.3 is 13.7 Å². The summed E-state index contributed by atoms with van der Waals surface area (Å²) in [4.78, 5) is 2.44. The monoisotopic (exact) mass is 745 g/mol. The summed E-state index contributed by atoms with van der Waals surface area (Å²) < 4.78 is 13.3. The standard InChI is InChI=1S/C55H39NO2/c1-4-15-39(51-34-37-17-6-12-27-50(37)57-51)36-28-31-38(32-29-36)56(49-26-14-21-43-41-19-8-10-24-47(41)55(2,3)52(43)49)48-25-11-9-20-42(48)44-22-13-23-45-46-33-30-35-16-5-7-18-40(35)53(46)58-54(44)45/h4-34H,1H2,2-3H3/b39-15-. The van der Waals surface area contributed by atoms with Gasteiger partial charge in [-0.25, -0.2) is 0 Å². The van der Waals surface area contributed by atoms with Gasteiger partial charge in [0.1, 0.15) is 22.5 Å². The first-order chi connectivity index (χ1) is 28.5. The molecule has 0 bridgehead atoms. The molecule has 0 radical (unpaired) electrons. The predicted octanol–water partition coefficient (Wildman–Crippen LogP) is 15.5. The molecule has 0 amide bonds. The molecule has 2 heterocycles. The highest BCUT2D eigenvalue weighted by molar-refractivity contribution is 6.17. The number of rotatable bonds is 7. The van der Waals surface area contributed by atoms with Crippen LogP contribution >= 0.6 is 0 Å². The maximum atomic E-state index is 6.93. The van der Waals surface area contributed by atoms with Crippen LogP contribution in [-0.4, -0.2) is 0 Å². The molecule has 11 rings (SSSR count). The molecule has 10 aromatic rings. The van der Waals surface area contributed by atoms with Gasteiger partial charge in [0.05, 0.1) is 11.4 Å². The fourth-order valence-corrected chi connectivity index (χ4v) is 9.39. The van der Waals surface area contributed by atoms with Crippen molar-refractivity contribution in [2.45, 2.75) is 19.3 Å². The third-order valence-electron chi connectivity index (χ3n) is 12.0. The molecule has 0 spiro atoms. The molecule has 1 aliphatic carbocycles. The summed E-state index contributed by atoms with van der Waals surface area (Å²) in [5.41, 5.74) is 15.0. The number of allylic oxidation sites excluding steroid dienone is 2. The SMILES string of the molecule is C=C/C=C(/c1ccc(N(c2ccccc2-c2cccc3c2oc2c4ccccc4ccc32)c2cccc3c2C(C)(C)c2ccccc2-3)cc1)c1cc2ccccc2o1. The highest BCUT2D eigenvalue weighted by atomic mass is 16.3. The van der Waals surface area contributed by atoms with Crippen LogP contribution in [0, 0.1) is 0 Å². The van der Waals surface area contributed by atoms with E-state index >= 15 is 0 Å². The zero-order valence-corrected chi connectivity index (χ0v) is 32.4. The number of benzene rings is 8. The number of hydrogen-bond donors (Lipinski definition) is 0. The Morgan fingerprint density at radius 1 is 0.534 bits per heavy atom. The molecule has 0 N–H and O–H groups in total. The van der Waals surface area contributed by atoms with Gasteiger partial charge in [-0.2, -0.15) is 0 Å². The van der Waals surface area contributed by atoms with Crippen molar-refractivity contribution in [1.29, 1.82) is 0 Å². The smallest absolute Gasteiger partial charge is 0.143 e. The van der Waals surface area contributed by atoms with E-state index in [9.17, 15) is 0 Å². The lowest BCUT2D eigenvalue weighted by molar-refractivity contribution is 0.600. The van der Waals surface area contributed by atoms with E-state index in [1.807, 2.05) is 30.4 Å². The molecule has 8 aromatic carbocycles. The molecular weight excluding hydrogens is 707 g/mol. The zero-order valence-electron chi connectivity index (χ0n) is 32.4. The third kappa shape index (κ3) is 5.13. The Morgan fingerprint density at radius 3 is 2.03 bits per heavy atom. The number of fused-ring (bicyclic) bond motifs is 9. The molecule has 58 heavy (non-hydrogen) atoms. The van der Waals surface area contributed by atoms with Gasteiger partial charge >= 0.3 is 0 Å². The molecule has 3 heteroatoms. The number of nitrogens with zero attached hydrogens (tertiary/aromatic N) is 1. The summed E-state index contributed by atoms with van der Waals surface area (Å²) in [5.74, 6) is 0.808. The molecular formula is C55H39NO2. The minimum atomic E-state index is -0.239. The summed E-state index contributed by atoms with van der Waals surface area (Å²) in [6, 6.07) is 62.8. The summed E-state index contributed by atoms with van der Waals surface area (Å²) in [6.07, 6.45) is 3.86. The molecule has 0 saturated heterocycles. The van der Waals surface area contributed by atoms with E-state index in [2.05, 4.69) is 183 Å². The molecule has 2 aromatic heterocycles. The summed E-state index contributed by atoms with van der Waals surface area (Å²) >= 11 is 0. The van der Waals surface area contributed by atoms with Crippen LogP contribution in [0.1, 0.15) is 36.3 Å². The Hall–Kier alpha value is -7.36. The van der Waals surface area contributed by atoms with Crippen LogP contribution < -0.4 is 4.90 Å². The second-order valence-electron chi connectivity index (χ2n) is 15.7. The maximum absolute atomic E-state index is 6.93. The van der Waals surface area contributed by atoms with E-state index in [4.69, 9.17) is 8.83 Å². The van der Waals surface area contributed by atoms with E-state index < -0.39 is 0 Å². The lowest BCUT2D eigenvalue weighted by Crippen LogP contribution is -2.21. The topological polar surface area (TPSA) is 29.5 Å². The van der Waals surface area contributed by atoms with Crippen molar-refractivity contribution in [3.8, 4) is 22.3 Å². The Morgan fingerprint density at radius 2 is 1.19 bits per heavy atom. The normalized spacial score (nSPS) is 13.3. The summed E-state index contributed by atoms with van der Waals surface area (Å²) in [5, 5.41) is 5.58. The number of hydrogen-bond acceptors (Lipinski definition) is 3. The van der Waals surface area contributed by atoms with Crippen LogP contribution in [0.5, 0.6) is 0 Å². The molecule has 3 nitrogen and oxygen atoms in total. The molecule has 1 aliphatic rings. The second-order valence-corrected chi connectivity index (χ2v) is 15.7. The zero-order chi connectivity index (χ0) is 39.0. The number of furan rings is 2. The molecule has 0 aliphatic heterocycles. The van der Waals surface area contributed by atoms with Gasteiger partial charge in [0, 0.05) is 49.3 Å². The van der Waals surface area contributed by atoms with Gasteiger partial charge in [-0.05, 0) is 75.7 Å². The van der Waals surface area contributed by atoms with Crippen LogP contribution in [-0.2, 0) is 5.41 Å². The quantitative estimate of drug-likeness (QED) is 0.152. The minimum absolute atomic E-state index is 0.239. The van der Waals surface area contributed by atoms with Crippen molar-refractivity contribution < 1.29 is 8.83 Å². The molecule has 0 atom stereocenters. The molecule has 0 unspecified atom stereocenters. The molecule has 276 valence electrons. The van der Waals surface area contributed by atoms with Gasteiger partial charge in [0.15, 0.2) is 0 Å². The summed E-state index contributed by atoms with van der Waals surface area (Å²) in [7, 11) is 0. The van der Waals surface area contributed by atoms with Crippen LogP contribution in [0.3, 0.4) is 0 Å². The second kappa shape index (κ2) is 13.1. The van der Waals surface area contributed by atoms with E-state index in [1.54, 1.807) is 0 Å². The van der Waals surface area contributed by atoms with Crippen LogP contribution in [0.25, 0.3) is 71.5 Å². The number of para-hydroxylation sites is 3. The van der Waals surface area contributed by atoms with Gasteiger partial charge in [0.2, 0.25) is 0 Å². The lowest BCUT2D eigenvalue weighted by atomic mass is 9.81. The summed E-state index contributed by atoms with van der Waals surface area (Å²) in [6.45, 7) is 8.76. The highest BCUT2D eigenvalue weighted by Crippen LogP contribution is 2.55. The Labute approximate surface area is 337 Å². The molecule has 0 fully saturated rings. The fourth-order valence-electron chi connectivity index (χ4n) is 9.39. The van der Waals surface area contributed by atoms with E-state index in [0.717, 1.165) is 83.4 Å². The van der Waals surface area contributed by atoms with Gasteiger partial charge in [-0.15, -0.1) is 0 Å². The first kappa shape index (κ1) is 33.9. The van der Waals surface area contributed by atoms with Crippen molar-refractivity contribution in [2.75, 3.05) is 4.90 Å². The highest BCUT2D eigenvalue weighted by Gasteiger charge is 2.39. The lowest BCUT2D eigenvalue weighted by Gasteiger charge is -2.33. The minimum Gasteiger partial charge on any atom is -0.456 e. The Bertz CT molecular complexity index is 3250. The van der Waals surface area contributed by atoms with E-state index in [-0.39, 0.29) is 5.41 Å². The van der Waals surface area contributed by atoms with Crippen molar-refractivity contribution in [3.05, 3.63) is 217 Å². The first-order valence-corrected chi connectivity index (χ1v) is 19.9. The first-order valence-electron chi connectivity index (χ1n) is 19.9. The van der Waals surface area contributed by atoms with Crippen LogP contribution in [0.2, 0.25) is 0 Å². The van der Waals surface area contributed by atoms with Crippen molar-refractivity contribution >= 4 is 66.3 Å². The Kier molecular flexibility index (Phi) is 7.67. The average molecular weight is 746 g/mol. The van der Waals surface area contributed by atoms with E-state index in [0.29, 0.717) is 0 Å². The average Bonchev–Trinajstić information content (AvgIpc) is 3.94.